The van der Waals surface area contributed by atoms with Crippen LogP contribution in [-0.4, -0.2) is 14.8 Å². The first-order chi connectivity index (χ1) is 13.2. The zero-order valence-electron chi connectivity index (χ0n) is 15.8. The Hall–Kier alpha value is -2.98. The summed E-state index contributed by atoms with van der Waals surface area (Å²) >= 11 is 0. The summed E-state index contributed by atoms with van der Waals surface area (Å²) in [5.41, 5.74) is 7.15. The Balaban J connectivity index is 1.47. The second kappa shape index (κ2) is 7.72. The third kappa shape index (κ3) is 3.76. The summed E-state index contributed by atoms with van der Waals surface area (Å²) < 4.78 is 2.10. The Labute approximate surface area is 159 Å². The van der Waals surface area contributed by atoms with Gasteiger partial charge in [0.1, 0.15) is 0 Å². The van der Waals surface area contributed by atoms with E-state index in [0.717, 1.165) is 30.8 Å². The molecule has 2 heterocycles. The lowest BCUT2D eigenvalue weighted by Gasteiger charge is -2.09. The number of aryl methyl sites for hydroxylation is 1. The third-order valence-corrected chi connectivity index (χ3v) is 5.04. The van der Waals surface area contributed by atoms with Gasteiger partial charge in [-0.2, -0.15) is 5.10 Å². The number of hydrogen-bond acceptors (Lipinski definition) is 3. The van der Waals surface area contributed by atoms with Gasteiger partial charge < -0.3 is 5.32 Å². The number of para-hydroxylation sites is 1. The SMILES string of the molecule is Cc1nn(Cc2ccccc2)c(C)c1CNCc1cccc2cccnc12. The molecule has 2 aromatic heterocycles. The van der Waals surface area contributed by atoms with Crippen LogP contribution in [0.15, 0.2) is 66.9 Å². The highest BCUT2D eigenvalue weighted by atomic mass is 15.3. The van der Waals surface area contributed by atoms with Crippen LogP contribution < -0.4 is 5.32 Å². The largest absolute Gasteiger partial charge is 0.308 e. The second-order valence-electron chi connectivity index (χ2n) is 6.89. The van der Waals surface area contributed by atoms with Crippen LogP contribution in [0.1, 0.15) is 28.1 Å². The maximum atomic E-state index is 4.75. The number of fused-ring (bicyclic) bond motifs is 1. The highest BCUT2D eigenvalue weighted by Gasteiger charge is 2.12. The van der Waals surface area contributed by atoms with Gasteiger partial charge in [-0.1, -0.05) is 54.6 Å². The van der Waals surface area contributed by atoms with Crippen molar-refractivity contribution in [2.24, 2.45) is 0 Å². The van der Waals surface area contributed by atoms with Gasteiger partial charge in [0.2, 0.25) is 0 Å². The summed E-state index contributed by atoms with van der Waals surface area (Å²) in [7, 11) is 0. The van der Waals surface area contributed by atoms with E-state index in [1.807, 2.05) is 18.3 Å². The van der Waals surface area contributed by atoms with Gasteiger partial charge in [0.25, 0.3) is 0 Å². The van der Waals surface area contributed by atoms with Crippen molar-refractivity contribution in [2.75, 3.05) is 0 Å². The fraction of sp³-hybridized carbons (Fsp3) is 0.217. The van der Waals surface area contributed by atoms with Crippen LogP contribution in [0.4, 0.5) is 0 Å². The van der Waals surface area contributed by atoms with E-state index in [1.165, 1.54) is 27.8 Å². The lowest BCUT2D eigenvalue weighted by molar-refractivity contribution is 0.653. The minimum Gasteiger partial charge on any atom is -0.308 e. The molecule has 0 unspecified atom stereocenters. The van der Waals surface area contributed by atoms with E-state index in [2.05, 4.69) is 77.4 Å². The van der Waals surface area contributed by atoms with Crippen LogP contribution in [0.2, 0.25) is 0 Å². The summed E-state index contributed by atoms with van der Waals surface area (Å²) in [6.45, 7) is 6.64. The van der Waals surface area contributed by atoms with Gasteiger partial charge in [-0.15, -0.1) is 0 Å². The fourth-order valence-electron chi connectivity index (χ4n) is 3.53. The van der Waals surface area contributed by atoms with Gasteiger partial charge in [-0.25, -0.2) is 0 Å². The maximum Gasteiger partial charge on any atom is 0.0746 e. The number of nitrogens with zero attached hydrogens (tertiary/aromatic N) is 3. The van der Waals surface area contributed by atoms with Crippen LogP contribution in [0, 0.1) is 13.8 Å². The van der Waals surface area contributed by atoms with E-state index in [-0.39, 0.29) is 0 Å². The van der Waals surface area contributed by atoms with Gasteiger partial charge >= 0.3 is 0 Å². The van der Waals surface area contributed by atoms with E-state index in [4.69, 9.17) is 5.10 Å². The van der Waals surface area contributed by atoms with E-state index in [0.29, 0.717) is 0 Å². The molecular formula is C23H24N4. The Bertz CT molecular complexity index is 1050. The van der Waals surface area contributed by atoms with E-state index >= 15 is 0 Å². The molecule has 27 heavy (non-hydrogen) atoms. The molecule has 4 aromatic rings. The monoisotopic (exact) mass is 356 g/mol. The van der Waals surface area contributed by atoms with Crippen LogP contribution in [0.5, 0.6) is 0 Å². The van der Waals surface area contributed by atoms with Crippen LogP contribution in [-0.2, 0) is 19.6 Å². The van der Waals surface area contributed by atoms with Gasteiger partial charge in [0, 0.05) is 35.9 Å². The molecule has 0 fully saturated rings. The standard InChI is InChI=1S/C23H24N4/c1-17-22(18(2)27(26-17)16-19-8-4-3-5-9-19)15-24-14-21-11-6-10-20-12-7-13-25-23(20)21/h3-13,24H,14-16H2,1-2H3. The normalized spacial score (nSPS) is 11.2. The summed E-state index contributed by atoms with van der Waals surface area (Å²) in [5.74, 6) is 0. The number of hydrogen-bond donors (Lipinski definition) is 1. The van der Waals surface area contributed by atoms with Crippen molar-refractivity contribution in [2.45, 2.75) is 33.5 Å². The van der Waals surface area contributed by atoms with Crippen LogP contribution in [0.25, 0.3) is 10.9 Å². The van der Waals surface area contributed by atoms with Gasteiger partial charge in [-0.05, 0) is 31.0 Å². The minimum atomic E-state index is 0.789. The molecule has 2 aromatic carbocycles. The van der Waals surface area contributed by atoms with Crippen LogP contribution in [0.3, 0.4) is 0 Å². The second-order valence-corrected chi connectivity index (χ2v) is 6.89. The fourth-order valence-corrected chi connectivity index (χ4v) is 3.53. The van der Waals surface area contributed by atoms with Gasteiger partial charge in [0.05, 0.1) is 17.8 Å². The number of aromatic nitrogens is 3. The number of benzene rings is 2. The smallest absolute Gasteiger partial charge is 0.0746 e. The van der Waals surface area contributed by atoms with Gasteiger partial charge in [0.15, 0.2) is 0 Å². The molecule has 4 heteroatoms. The molecule has 0 bridgehead atoms. The van der Waals surface area contributed by atoms with Crippen molar-refractivity contribution in [1.29, 1.82) is 0 Å². The van der Waals surface area contributed by atoms with Crippen molar-refractivity contribution >= 4 is 10.9 Å². The lowest BCUT2D eigenvalue weighted by Crippen LogP contribution is -2.14. The minimum absolute atomic E-state index is 0.789. The quantitative estimate of drug-likeness (QED) is 0.557. The van der Waals surface area contributed by atoms with Crippen LogP contribution >= 0.6 is 0 Å². The Morgan fingerprint density at radius 3 is 2.56 bits per heavy atom. The van der Waals surface area contributed by atoms with Crippen molar-refractivity contribution in [3.63, 3.8) is 0 Å². The molecule has 0 aliphatic carbocycles. The number of rotatable bonds is 6. The molecule has 0 aliphatic heterocycles. The highest BCUT2D eigenvalue weighted by molar-refractivity contribution is 5.81. The first kappa shape index (κ1) is 17.4. The molecular weight excluding hydrogens is 332 g/mol. The Morgan fingerprint density at radius 2 is 1.70 bits per heavy atom. The predicted octanol–water partition coefficient (Wildman–Crippen LogP) is 4.39. The average Bonchev–Trinajstić information content (AvgIpc) is 2.96. The molecule has 0 saturated heterocycles. The van der Waals surface area contributed by atoms with Crippen molar-refractivity contribution in [3.05, 3.63) is 94.9 Å². The van der Waals surface area contributed by atoms with Crippen molar-refractivity contribution in [3.8, 4) is 0 Å². The first-order valence-corrected chi connectivity index (χ1v) is 9.32. The molecule has 0 aliphatic rings. The molecule has 4 nitrogen and oxygen atoms in total. The molecule has 136 valence electrons. The topological polar surface area (TPSA) is 42.7 Å². The maximum absolute atomic E-state index is 4.75. The Kier molecular flexibility index (Phi) is 4.99. The number of nitrogens with one attached hydrogen (secondary N) is 1. The molecule has 4 rings (SSSR count). The summed E-state index contributed by atoms with van der Waals surface area (Å²) in [4.78, 5) is 4.54. The first-order valence-electron chi connectivity index (χ1n) is 9.32. The van der Waals surface area contributed by atoms with E-state index in [9.17, 15) is 0 Å². The molecule has 0 atom stereocenters. The molecule has 0 spiro atoms. The summed E-state index contributed by atoms with van der Waals surface area (Å²) in [5, 5.41) is 9.50. The van der Waals surface area contributed by atoms with Crippen molar-refractivity contribution < 1.29 is 0 Å². The summed E-state index contributed by atoms with van der Waals surface area (Å²) in [6.07, 6.45) is 1.85. The zero-order chi connectivity index (χ0) is 18.6. The lowest BCUT2D eigenvalue weighted by atomic mass is 10.1. The molecule has 0 radical (unpaired) electrons. The van der Waals surface area contributed by atoms with Crippen molar-refractivity contribution in [1.82, 2.24) is 20.1 Å². The molecule has 0 saturated carbocycles. The van der Waals surface area contributed by atoms with Gasteiger partial charge in [-0.3, -0.25) is 9.67 Å². The number of pyridine rings is 1. The third-order valence-electron chi connectivity index (χ3n) is 5.04. The predicted molar refractivity (Wildman–Crippen MR) is 110 cm³/mol. The zero-order valence-corrected chi connectivity index (χ0v) is 15.8. The summed E-state index contributed by atoms with van der Waals surface area (Å²) in [6, 6.07) is 20.9. The highest BCUT2D eigenvalue weighted by Crippen LogP contribution is 2.17. The Morgan fingerprint density at radius 1 is 0.889 bits per heavy atom. The van der Waals surface area contributed by atoms with E-state index < -0.39 is 0 Å². The molecule has 0 amide bonds. The average molecular weight is 356 g/mol. The van der Waals surface area contributed by atoms with E-state index in [1.54, 1.807) is 0 Å². The molecule has 1 N–H and O–H groups in total.